The van der Waals surface area contributed by atoms with Gasteiger partial charge in [0.15, 0.2) is 17.5 Å². The van der Waals surface area contributed by atoms with Gasteiger partial charge in [0.25, 0.3) is 0 Å². The van der Waals surface area contributed by atoms with Gasteiger partial charge in [0.1, 0.15) is 0 Å². The first-order valence-electron chi connectivity index (χ1n) is 12.3. The van der Waals surface area contributed by atoms with Crippen LogP contribution in [-0.2, 0) is 6.42 Å². The molecule has 0 spiro atoms. The van der Waals surface area contributed by atoms with Gasteiger partial charge in [0.2, 0.25) is 0 Å². The van der Waals surface area contributed by atoms with Crippen molar-refractivity contribution in [3.63, 3.8) is 0 Å². The van der Waals surface area contributed by atoms with Gasteiger partial charge in [-0.25, -0.2) is 13.2 Å². The Morgan fingerprint density at radius 3 is 1.71 bits per heavy atom. The molecule has 2 saturated carbocycles. The van der Waals surface area contributed by atoms with E-state index in [4.69, 9.17) is 0 Å². The number of hydrogen-bond acceptors (Lipinski definition) is 0. The van der Waals surface area contributed by atoms with Crippen molar-refractivity contribution in [1.29, 1.82) is 0 Å². The molecule has 0 atom stereocenters. The fraction of sp³-hybridized carbons (Fsp3) is 0.571. The predicted molar refractivity (Wildman–Crippen MR) is 121 cm³/mol. The van der Waals surface area contributed by atoms with E-state index in [-0.39, 0.29) is 0 Å². The van der Waals surface area contributed by atoms with E-state index in [1.807, 2.05) is 12.1 Å². The van der Waals surface area contributed by atoms with E-state index in [1.165, 1.54) is 69.8 Å². The van der Waals surface area contributed by atoms with Gasteiger partial charge in [0.05, 0.1) is 0 Å². The maximum Gasteiger partial charge on any atom is 0.194 e. The normalized spacial score (nSPS) is 26.7. The second-order valence-electron chi connectivity index (χ2n) is 10.0. The molecule has 0 aromatic heterocycles. The van der Waals surface area contributed by atoms with Gasteiger partial charge >= 0.3 is 0 Å². The Hall–Kier alpha value is -1.77. The lowest BCUT2D eigenvalue weighted by molar-refractivity contribution is 0.143. The molecule has 0 bridgehead atoms. The second kappa shape index (κ2) is 10.2. The van der Waals surface area contributed by atoms with Crippen LogP contribution in [0, 0.1) is 41.1 Å². The monoisotopic (exact) mass is 428 g/mol. The number of benzene rings is 2. The van der Waals surface area contributed by atoms with Crippen LogP contribution in [-0.4, -0.2) is 0 Å². The maximum atomic E-state index is 13.5. The van der Waals surface area contributed by atoms with E-state index in [9.17, 15) is 13.2 Å². The molecule has 2 aliphatic carbocycles. The van der Waals surface area contributed by atoms with Crippen molar-refractivity contribution in [3.05, 3.63) is 59.4 Å². The summed E-state index contributed by atoms with van der Waals surface area (Å²) in [7, 11) is 0. The van der Waals surface area contributed by atoms with Crippen LogP contribution in [0.5, 0.6) is 0 Å². The van der Waals surface area contributed by atoms with Crippen molar-refractivity contribution < 1.29 is 13.2 Å². The molecular weight excluding hydrogens is 393 g/mol. The highest BCUT2D eigenvalue weighted by Crippen LogP contribution is 2.42. The molecule has 2 aromatic carbocycles. The molecule has 2 fully saturated rings. The van der Waals surface area contributed by atoms with Crippen molar-refractivity contribution in [1.82, 2.24) is 0 Å². The Bertz CT molecular complexity index is 818. The van der Waals surface area contributed by atoms with Crippen molar-refractivity contribution in [2.45, 2.75) is 77.6 Å². The number of halogens is 3. The molecule has 2 aliphatic rings. The van der Waals surface area contributed by atoms with E-state index in [0.29, 0.717) is 11.1 Å². The summed E-state index contributed by atoms with van der Waals surface area (Å²) in [5.74, 6) is -0.0774. The zero-order valence-corrected chi connectivity index (χ0v) is 18.7. The molecule has 0 radical (unpaired) electrons. The van der Waals surface area contributed by atoms with Gasteiger partial charge in [-0.2, -0.15) is 0 Å². The van der Waals surface area contributed by atoms with E-state index < -0.39 is 17.5 Å². The fourth-order valence-electron chi connectivity index (χ4n) is 6.11. The van der Waals surface area contributed by atoms with Crippen LogP contribution in [0.1, 0.15) is 76.7 Å². The average Bonchev–Trinajstić information content (AvgIpc) is 2.79. The molecule has 0 heterocycles. The summed E-state index contributed by atoms with van der Waals surface area (Å²) >= 11 is 0. The summed E-state index contributed by atoms with van der Waals surface area (Å²) in [5, 5.41) is 0. The van der Waals surface area contributed by atoms with Gasteiger partial charge in [0, 0.05) is 0 Å². The molecule has 168 valence electrons. The Labute approximate surface area is 185 Å². The van der Waals surface area contributed by atoms with Crippen LogP contribution in [0.4, 0.5) is 13.2 Å². The molecular formula is C28H35F3. The highest BCUT2D eigenvalue weighted by Gasteiger charge is 2.30. The van der Waals surface area contributed by atoms with Crippen molar-refractivity contribution in [2.24, 2.45) is 23.7 Å². The first kappa shape index (κ1) is 22.4. The second-order valence-corrected chi connectivity index (χ2v) is 10.0. The smallest absolute Gasteiger partial charge is 0.194 e. The SMILES string of the molecule is CCCC1CCC(C2CCC(Cc3ccc(-c4cc(F)c(F)c(F)c4)cc3)CC2)CC1. The molecule has 0 amide bonds. The lowest BCUT2D eigenvalue weighted by atomic mass is 9.68. The predicted octanol–water partition coefficient (Wildman–Crippen LogP) is 8.73. The van der Waals surface area contributed by atoms with Crippen LogP contribution in [0.2, 0.25) is 0 Å². The molecule has 2 aromatic rings. The number of hydrogen-bond donors (Lipinski definition) is 0. The fourth-order valence-corrected chi connectivity index (χ4v) is 6.11. The van der Waals surface area contributed by atoms with Crippen LogP contribution in [0.25, 0.3) is 11.1 Å². The zero-order valence-electron chi connectivity index (χ0n) is 18.7. The topological polar surface area (TPSA) is 0 Å². The molecule has 31 heavy (non-hydrogen) atoms. The summed E-state index contributed by atoms with van der Waals surface area (Å²) in [4.78, 5) is 0. The molecule has 0 nitrogen and oxygen atoms in total. The summed E-state index contributed by atoms with van der Waals surface area (Å²) < 4.78 is 40.2. The van der Waals surface area contributed by atoms with Gasteiger partial charge < -0.3 is 0 Å². The summed E-state index contributed by atoms with van der Waals surface area (Å²) in [5.41, 5.74) is 2.36. The quantitative estimate of drug-likeness (QED) is 0.404. The Morgan fingerprint density at radius 1 is 0.677 bits per heavy atom. The highest BCUT2D eigenvalue weighted by atomic mass is 19.2. The van der Waals surface area contributed by atoms with Crippen LogP contribution >= 0.6 is 0 Å². The van der Waals surface area contributed by atoms with Gasteiger partial charge in [-0.1, -0.05) is 56.9 Å². The van der Waals surface area contributed by atoms with E-state index in [0.717, 1.165) is 42.2 Å². The first-order chi connectivity index (χ1) is 15.0. The minimum absolute atomic E-state index is 0.372. The lowest BCUT2D eigenvalue weighted by Gasteiger charge is -2.38. The molecule has 0 saturated heterocycles. The molecule has 0 N–H and O–H groups in total. The van der Waals surface area contributed by atoms with Crippen LogP contribution in [0.3, 0.4) is 0 Å². The highest BCUT2D eigenvalue weighted by molar-refractivity contribution is 5.63. The molecule has 0 unspecified atom stereocenters. The summed E-state index contributed by atoms with van der Waals surface area (Å²) in [6, 6.07) is 10.0. The summed E-state index contributed by atoms with van der Waals surface area (Å²) in [6.07, 6.45) is 15.0. The van der Waals surface area contributed by atoms with E-state index >= 15 is 0 Å². The van der Waals surface area contributed by atoms with Crippen LogP contribution < -0.4 is 0 Å². The van der Waals surface area contributed by atoms with E-state index in [1.54, 1.807) is 0 Å². The summed E-state index contributed by atoms with van der Waals surface area (Å²) in [6.45, 7) is 2.31. The lowest BCUT2D eigenvalue weighted by Crippen LogP contribution is -2.26. The Balaban J connectivity index is 1.27. The Kier molecular flexibility index (Phi) is 7.40. The standard InChI is InChI=1S/C28H35F3/c1-2-3-19-4-10-22(11-5-19)23-12-6-20(7-13-23)16-21-8-14-24(15-9-21)25-17-26(29)28(31)27(30)18-25/h8-9,14-15,17-20,22-23H,2-7,10-13,16H2,1H3. The van der Waals surface area contributed by atoms with Crippen LogP contribution in [0.15, 0.2) is 36.4 Å². The molecule has 4 rings (SSSR count). The maximum absolute atomic E-state index is 13.5. The van der Waals surface area contributed by atoms with Crippen molar-refractivity contribution in [3.8, 4) is 11.1 Å². The van der Waals surface area contributed by atoms with Gasteiger partial charge in [-0.15, -0.1) is 0 Å². The minimum Gasteiger partial charge on any atom is -0.204 e. The third-order valence-corrected chi connectivity index (χ3v) is 7.94. The third kappa shape index (κ3) is 5.54. The molecule has 3 heteroatoms. The number of rotatable bonds is 6. The third-order valence-electron chi connectivity index (χ3n) is 7.94. The largest absolute Gasteiger partial charge is 0.204 e. The van der Waals surface area contributed by atoms with Crippen molar-refractivity contribution in [2.75, 3.05) is 0 Å². The van der Waals surface area contributed by atoms with Crippen molar-refractivity contribution >= 4 is 0 Å². The Morgan fingerprint density at radius 2 is 1.19 bits per heavy atom. The molecule has 0 aliphatic heterocycles. The minimum atomic E-state index is -1.41. The van der Waals surface area contributed by atoms with E-state index in [2.05, 4.69) is 19.1 Å². The zero-order chi connectivity index (χ0) is 21.8. The van der Waals surface area contributed by atoms with Gasteiger partial charge in [-0.05, 0) is 97.4 Å². The average molecular weight is 429 g/mol. The van der Waals surface area contributed by atoms with Gasteiger partial charge in [-0.3, -0.25) is 0 Å². The first-order valence-corrected chi connectivity index (χ1v) is 12.3.